The summed E-state index contributed by atoms with van der Waals surface area (Å²) in [4.78, 5) is 35.8. The predicted octanol–water partition coefficient (Wildman–Crippen LogP) is 4.31. The van der Waals surface area contributed by atoms with E-state index in [1.54, 1.807) is 6.92 Å². The van der Waals surface area contributed by atoms with Gasteiger partial charge in [-0.3, -0.25) is 9.59 Å². The molecule has 0 aromatic heterocycles. The van der Waals surface area contributed by atoms with Crippen molar-refractivity contribution in [3.63, 3.8) is 0 Å². The lowest BCUT2D eigenvalue weighted by atomic mass is 9.98. The zero-order chi connectivity index (χ0) is 23.8. The number of ether oxygens (including phenoxy) is 1. The molecule has 1 aliphatic rings. The summed E-state index contributed by atoms with van der Waals surface area (Å²) in [5.74, 6) is -1.76. The van der Waals surface area contributed by atoms with Gasteiger partial charge in [-0.25, -0.2) is 4.79 Å². The molecule has 7 nitrogen and oxygen atoms in total. The van der Waals surface area contributed by atoms with Gasteiger partial charge in [0, 0.05) is 18.5 Å². The summed E-state index contributed by atoms with van der Waals surface area (Å²) in [6, 6.07) is 15.8. The lowest BCUT2D eigenvalue weighted by molar-refractivity contribution is -0.137. The Morgan fingerprint density at radius 3 is 2.21 bits per heavy atom. The molecule has 2 aromatic rings. The highest BCUT2D eigenvalue weighted by atomic mass is 16.5. The monoisotopic (exact) mass is 452 g/mol. The number of hydrogen-bond donors (Lipinski definition) is 3. The number of hydrogen-bond acceptors (Lipinski definition) is 4. The maximum Gasteiger partial charge on any atom is 0.407 e. The molecule has 2 amide bonds. The van der Waals surface area contributed by atoms with Gasteiger partial charge >= 0.3 is 12.1 Å². The van der Waals surface area contributed by atoms with E-state index in [4.69, 9.17) is 9.84 Å². The van der Waals surface area contributed by atoms with Gasteiger partial charge in [-0.05, 0) is 28.7 Å². The van der Waals surface area contributed by atoms with Crippen LogP contribution in [0.2, 0.25) is 0 Å². The van der Waals surface area contributed by atoms with Crippen molar-refractivity contribution >= 4 is 18.0 Å². The average molecular weight is 453 g/mol. The summed E-state index contributed by atoms with van der Waals surface area (Å²) in [6.07, 6.45) is 1.68. The largest absolute Gasteiger partial charge is 0.481 e. The number of carbonyl (C=O) groups excluding carboxylic acids is 2. The normalized spacial score (nSPS) is 14.0. The highest BCUT2D eigenvalue weighted by Gasteiger charge is 2.29. The molecule has 176 valence electrons. The molecule has 0 heterocycles. The summed E-state index contributed by atoms with van der Waals surface area (Å²) in [6.45, 7) is 4.02. The van der Waals surface area contributed by atoms with Crippen molar-refractivity contribution in [2.24, 2.45) is 5.92 Å². The van der Waals surface area contributed by atoms with Crippen LogP contribution in [0.3, 0.4) is 0 Å². The van der Waals surface area contributed by atoms with Crippen LogP contribution in [0.1, 0.15) is 56.6 Å². The molecule has 7 heteroatoms. The number of rotatable bonds is 11. The first kappa shape index (κ1) is 24.3. The quantitative estimate of drug-likeness (QED) is 0.471. The van der Waals surface area contributed by atoms with Crippen LogP contribution >= 0.6 is 0 Å². The maximum atomic E-state index is 12.5. The van der Waals surface area contributed by atoms with Crippen LogP contribution in [0.5, 0.6) is 0 Å². The number of alkyl carbamates (subject to hydrolysis) is 1. The van der Waals surface area contributed by atoms with Gasteiger partial charge in [-0.2, -0.15) is 0 Å². The Kier molecular flexibility index (Phi) is 8.46. The number of amides is 2. The third kappa shape index (κ3) is 6.34. The van der Waals surface area contributed by atoms with E-state index in [2.05, 4.69) is 34.9 Å². The molecular weight excluding hydrogens is 420 g/mol. The number of unbranched alkanes of at least 4 members (excludes halogenated alkanes) is 1. The Morgan fingerprint density at radius 2 is 1.64 bits per heavy atom. The first-order valence-electron chi connectivity index (χ1n) is 11.5. The molecule has 0 saturated heterocycles. The van der Waals surface area contributed by atoms with E-state index in [0.29, 0.717) is 6.42 Å². The van der Waals surface area contributed by atoms with Gasteiger partial charge in [0.05, 0.1) is 12.3 Å². The number of benzene rings is 2. The van der Waals surface area contributed by atoms with E-state index >= 15 is 0 Å². The Hall–Kier alpha value is -3.35. The summed E-state index contributed by atoms with van der Waals surface area (Å²) in [5.41, 5.74) is 4.59. The van der Waals surface area contributed by atoms with Crippen molar-refractivity contribution < 1.29 is 24.2 Å². The number of aliphatic carboxylic acids is 1. The molecule has 1 unspecified atom stereocenters. The SMILES string of the molecule is CCCC[C@@H](CC(=O)O)NC(=O)C(C)CNC(=O)OCC1c2ccccc2-c2ccccc21. The van der Waals surface area contributed by atoms with Crippen molar-refractivity contribution in [3.05, 3.63) is 59.7 Å². The number of fused-ring (bicyclic) bond motifs is 3. The van der Waals surface area contributed by atoms with Crippen molar-refractivity contribution in [2.75, 3.05) is 13.2 Å². The number of nitrogens with one attached hydrogen (secondary N) is 2. The molecule has 0 bridgehead atoms. The van der Waals surface area contributed by atoms with E-state index < -0.39 is 24.0 Å². The fourth-order valence-corrected chi connectivity index (χ4v) is 4.21. The number of carboxylic acids is 1. The third-order valence-electron chi connectivity index (χ3n) is 6.02. The van der Waals surface area contributed by atoms with Crippen molar-refractivity contribution in [3.8, 4) is 11.1 Å². The average Bonchev–Trinajstić information content (AvgIpc) is 3.13. The van der Waals surface area contributed by atoms with Crippen molar-refractivity contribution in [2.45, 2.75) is 51.5 Å². The molecule has 3 rings (SSSR count). The molecular formula is C26H32N2O5. The standard InChI is InChI=1S/C26H32N2O5/c1-3-4-9-18(14-24(29)30)28-25(31)17(2)15-27-26(32)33-16-23-21-12-7-5-10-19(21)20-11-6-8-13-22(20)23/h5-8,10-13,17-18,23H,3-4,9,14-16H2,1-2H3,(H,27,32)(H,28,31)(H,29,30)/t17?,18-/m0/s1. The first-order valence-corrected chi connectivity index (χ1v) is 11.5. The smallest absolute Gasteiger partial charge is 0.407 e. The topological polar surface area (TPSA) is 105 Å². The van der Waals surface area contributed by atoms with Crippen LogP contribution in [0.25, 0.3) is 11.1 Å². The second kappa shape index (κ2) is 11.5. The zero-order valence-corrected chi connectivity index (χ0v) is 19.2. The predicted molar refractivity (Wildman–Crippen MR) is 126 cm³/mol. The highest BCUT2D eigenvalue weighted by molar-refractivity contribution is 5.81. The van der Waals surface area contributed by atoms with Crippen LogP contribution < -0.4 is 10.6 Å². The minimum absolute atomic E-state index is 0.0285. The summed E-state index contributed by atoms with van der Waals surface area (Å²) in [5, 5.41) is 14.5. The van der Waals surface area contributed by atoms with E-state index in [1.807, 2.05) is 31.2 Å². The van der Waals surface area contributed by atoms with Gasteiger partial charge in [-0.1, -0.05) is 75.2 Å². The Balaban J connectivity index is 1.49. The van der Waals surface area contributed by atoms with Gasteiger partial charge in [0.1, 0.15) is 6.61 Å². The third-order valence-corrected chi connectivity index (χ3v) is 6.02. The lowest BCUT2D eigenvalue weighted by Gasteiger charge is -2.20. The van der Waals surface area contributed by atoms with Gasteiger partial charge in [0.2, 0.25) is 5.91 Å². The van der Waals surface area contributed by atoms with Crippen LogP contribution in [0.15, 0.2) is 48.5 Å². The molecule has 1 aliphatic carbocycles. The van der Waals surface area contributed by atoms with E-state index in [0.717, 1.165) is 35.1 Å². The molecule has 0 saturated carbocycles. The second-order valence-corrected chi connectivity index (χ2v) is 8.55. The van der Waals surface area contributed by atoms with Crippen molar-refractivity contribution in [1.29, 1.82) is 0 Å². The highest BCUT2D eigenvalue weighted by Crippen LogP contribution is 2.44. The summed E-state index contributed by atoms with van der Waals surface area (Å²) in [7, 11) is 0. The van der Waals surface area contributed by atoms with Crippen LogP contribution in [0.4, 0.5) is 4.79 Å². The van der Waals surface area contributed by atoms with Gasteiger partial charge in [0.15, 0.2) is 0 Å². The second-order valence-electron chi connectivity index (χ2n) is 8.55. The van der Waals surface area contributed by atoms with Crippen LogP contribution in [-0.2, 0) is 14.3 Å². The molecule has 3 N–H and O–H groups in total. The van der Waals surface area contributed by atoms with Crippen molar-refractivity contribution in [1.82, 2.24) is 10.6 Å². The molecule has 33 heavy (non-hydrogen) atoms. The fourth-order valence-electron chi connectivity index (χ4n) is 4.21. The minimum atomic E-state index is -0.944. The Bertz CT molecular complexity index is 945. The minimum Gasteiger partial charge on any atom is -0.481 e. The first-order chi connectivity index (χ1) is 15.9. The van der Waals surface area contributed by atoms with Gasteiger partial charge < -0.3 is 20.5 Å². The van der Waals surface area contributed by atoms with E-state index in [-0.39, 0.29) is 31.4 Å². The maximum absolute atomic E-state index is 12.5. The van der Waals surface area contributed by atoms with Crippen LogP contribution in [0, 0.1) is 5.92 Å². The summed E-state index contributed by atoms with van der Waals surface area (Å²) < 4.78 is 5.50. The van der Waals surface area contributed by atoms with E-state index in [9.17, 15) is 14.4 Å². The molecule has 0 radical (unpaired) electrons. The molecule has 0 spiro atoms. The molecule has 0 aliphatic heterocycles. The molecule has 0 fully saturated rings. The lowest BCUT2D eigenvalue weighted by Crippen LogP contribution is -2.43. The number of carbonyl (C=O) groups is 3. The van der Waals surface area contributed by atoms with Gasteiger partial charge in [0.25, 0.3) is 0 Å². The molecule has 2 atom stereocenters. The fraction of sp³-hybridized carbons (Fsp3) is 0.423. The van der Waals surface area contributed by atoms with E-state index in [1.165, 1.54) is 0 Å². The summed E-state index contributed by atoms with van der Waals surface area (Å²) >= 11 is 0. The Labute approximate surface area is 194 Å². The van der Waals surface area contributed by atoms with Crippen LogP contribution in [-0.4, -0.2) is 42.3 Å². The van der Waals surface area contributed by atoms with Gasteiger partial charge in [-0.15, -0.1) is 0 Å². The Morgan fingerprint density at radius 1 is 1.03 bits per heavy atom. The number of carboxylic acid groups (broad SMARTS) is 1. The zero-order valence-electron chi connectivity index (χ0n) is 19.2. The molecule has 2 aromatic carbocycles.